The summed E-state index contributed by atoms with van der Waals surface area (Å²) >= 11 is 0. The summed E-state index contributed by atoms with van der Waals surface area (Å²) in [6, 6.07) is 3.85. The molecule has 1 N–H and O–H groups in total. The van der Waals surface area contributed by atoms with E-state index in [2.05, 4.69) is 6.92 Å². The van der Waals surface area contributed by atoms with Crippen molar-refractivity contribution in [2.24, 2.45) is 11.8 Å². The SMILES string of the molecule is COc1cc2c(c(O)c1OC)-c1c(cc(OC)c(OC)c1OC)C[C@@H]1CO[C@H]2[C@H]1C. The second-order valence-electron chi connectivity index (χ2n) is 7.68. The number of methoxy groups -OCH3 is 5. The van der Waals surface area contributed by atoms with E-state index in [0.29, 0.717) is 41.1 Å². The lowest BCUT2D eigenvalue weighted by molar-refractivity contribution is 0.0936. The third-order valence-electron chi connectivity index (χ3n) is 6.34. The Morgan fingerprint density at radius 2 is 1.47 bits per heavy atom. The Bertz CT molecular complexity index is 969. The van der Waals surface area contributed by atoms with Crippen LogP contribution in [-0.4, -0.2) is 47.3 Å². The molecule has 0 unspecified atom stereocenters. The number of rotatable bonds is 5. The van der Waals surface area contributed by atoms with Gasteiger partial charge in [-0.2, -0.15) is 0 Å². The molecule has 7 nitrogen and oxygen atoms in total. The summed E-state index contributed by atoms with van der Waals surface area (Å²) in [6.07, 6.45) is 0.582. The molecule has 162 valence electrons. The van der Waals surface area contributed by atoms with Gasteiger partial charge in [0, 0.05) is 11.1 Å². The maximum absolute atomic E-state index is 11.3. The average Bonchev–Trinajstić information content (AvgIpc) is 3.14. The van der Waals surface area contributed by atoms with E-state index in [1.807, 2.05) is 12.1 Å². The molecule has 1 aliphatic heterocycles. The van der Waals surface area contributed by atoms with Gasteiger partial charge < -0.3 is 33.5 Å². The first kappa shape index (κ1) is 20.5. The van der Waals surface area contributed by atoms with Crippen molar-refractivity contribution in [2.45, 2.75) is 19.4 Å². The fourth-order valence-corrected chi connectivity index (χ4v) is 4.80. The van der Waals surface area contributed by atoms with Crippen molar-refractivity contribution in [1.29, 1.82) is 0 Å². The van der Waals surface area contributed by atoms with Crippen LogP contribution in [0.5, 0.6) is 34.5 Å². The van der Waals surface area contributed by atoms with Crippen molar-refractivity contribution in [2.75, 3.05) is 42.2 Å². The molecule has 7 heteroatoms. The number of phenols is 1. The Balaban J connectivity index is 2.15. The summed E-state index contributed by atoms with van der Waals surface area (Å²) in [5.74, 6) is 2.84. The van der Waals surface area contributed by atoms with Gasteiger partial charge in [-0.25, -0.2) is 0 Å². The summed E-state index contributed by atoms with van der Waals surface area (Å²) < 4.78 is 34.2. The lowest BCUT2D eigenvalue weighted by Gasteiger charge is -2.30. The van der Waals surface area contributed by atoms with E-state index >= 15 is 0 Å². The van der Waals surface area contributed by atoms with E-state index in [-0.39, 0.29) is 23.5 Å². The summed E-state index contributed by atoms with van der Waals surface area (Å²) in [5.41, 5.74) is 3.20. The van der Waals surface area contributed by atoms with Crippen LogP contribution in [0.3, 0.4) is 0 Å². The minimum Gasteiger partial charge on any atom is -0.504 e. The molecule has 0 saturated carbocycles. The third-order valence-corrected chi connectivity index (χ3v) is 6.34. The van der Waals surface area contributed by atoms with Gasteiger partial charge in [-0.1, -0.05) is 6.92 Å². The lowest BCUT2D eigenvalue weighted by Crippen LogP contribution is -2.18. The summed E-state index contributed by atoms with van der Waals surface area (Å²) in [5, 5.41) is 11.3. The Kier molecular flexibility index (Phi) is 5.32. The first-order valence-corrected chi connectivity index (χ1v) is 9.92. The second-order valence-corrected chi connectivity index (χ2v) is 7.68. The van der Waals surface area contributed by atoms with Crippen molar-refractivity contribution in [3.63, 3.8) is 0 Å². The first-order valence-electron chi connectivity index (χ1n) is 9.92. The maximum Gasteiger partial charge on any atom is 0.203 e. The number of hydrogen-bond acceptors (Lipinski definition) is 7. The highest BCUT2D eigenvalue weighted by molar-refractivity contribution is 5.88. The molecule has 2 aromatic carbocycles. The highest BCUT2D eigenvalue weighted by Gasteiger charge is 2.42. The molecule has 0 radical (unpaired) electrons. The van der Waals surface area contributed by atoms with Gasteiger partial charge in [0.25, 0.3) is 0 Å². The van der Waals surface area contributed by atoms with Crippen molar-refractivity contribution < 1.29 is 33.5 Å². The predicted molar refractivity (Wildman–Crippen MR) is 111 cm³/mol. The van der Waals surface area contributed by atoms with Crippen molar-refractivity contribution in [1.82, 2.24) is 0 Å². The molecule has 1 aliphatic carbocycles. The van der Waals surface area contributed by atoms with E-state index in [1.165, 1.54) is 7.11 Å². The van der Waals surface area contributed by atoms with Crippen LogP contribution in [-0.2, 0) is 11.2 Å². The lowest BCUT2D eigenvalue weighted by atomic mass is 9.77. The van der Waals surface area contributed by atoms with Gasteiger partial charge in [0.1, 0.15) is 0 Å². The van der Waals surface area contributed by atoms with Crippen LogP contribution < -0.4 is 23.7 Å². The van der Waals surface area contributed by atoms with E-state index in [4.69, 9.17) is 28.4 Å². The van der Waals surface area contributed by atoms with Crippen LogP contribution in [0.4, 0.5) is 0 Å². The Hall–Kier alpha value is -2.80. The van der Waals surface area contributed by atoms with Crippen molar-refractivity contribution in [3.8, 4) is 45.6 Å². The topological polar surface area (TPSA) is 75.6 Å². The zero-order valence-electron chi connectivity index (χ0n) is 18.2. The van der Waals surface area contributed by atoms with Gasteiger partial charge in [-0.3, -0.25) is 0 Å². The molecule has 1 fully saturated rings. The van der Waals surface area contributed by atoms with Crippen LogP contribution >= 0.6 is 0 Å². The Labute approximate surface area is 176 Å². The number of benzene rings is 2. The molecule has 0 amide bonds. The highest BCUT2D eigenvalue weighted by atomic mass is 16.5. The number of ether oxygens (including phenoxy) is 6. The predicted octanol–water partition coefficient (Wildman–Crippen LogP) is 3.98. The summed E-state index contributed by atoms with van der Waals surface area (Å²) in [6.45, 7) is 2.82. The van der Waals surface area contributed by atoms with Crippen LogP contribution in [0.25, 0.3) is 11.1 Å². The fourth-order valence-electron chi connectivity index (χ4n) is 4.80. The van der Waals surface area contributed by atoms with E-state index < -0.39 is 0 Å². The van der Waals surface area contributed by atoms with Gasteiger partial charge in [-0.15, -0.1) is 0 Å². The number of aromatic hydroxyl groups is 1. The molecule has 0 aromatic heterocycles. The van der Waals surface area contributed by atoms with E-state index in [9.17, 15) is 5.11 Å². The molecule has 2 bridgehead atoms. The highest BCUT2D eigenvalue weighted by Crippen LogP contribution is 2.58. The van der Waals surface area contributed by atoms with Gasteiger partial charge in [0.15, 0.2) is 23.0 Å². The van der Waals surface area contributed by atoms with Gasteiger partial charge >= 0.3 is 0 Å². The average molecular weight is 416 g/mol. The number of hydrogen-bond donors (Lipinski definition) is 1. The van der Waals surface area contributed by atoms with E-state index in [1.54, 1.807) is 28.4 Å². The number of phenolic OH excluding ortho intramolecular Hbond substituents is 1. The Morgan fingerprint density at radius 1 is 0.833 bits per heavy atom. The maximum atomic E-state index is 11.3. The first-order chi connectivity index (χ1) is 14.5. The fraction of sp³-hybridized carbons (Fsp3) is 0.478. The largest absolute Gasteiger partial charge is 0.504 e. The number of fused-ring (bicyclic) bond motifs is 6. The van der Waals surface area contributed by atoms with Crippen molar-refractivity contribution in [3.05, 3.63) is 23.3 Å². The molecule has 4 rings (SSSR count). The quantitative estimate of drug-likeness (QED) is 0.790. The molecular weight excluding hydrogens is 388 g/mol. The van der Waals surface area contributed by atoms with Crippen molar-refractivity contribution >= 4 is 0 Å². The van der Waals surface area contributed by atoms with Crippen LogP contribution in [0.1, 0.15) is 24.2 Å². The van der Waals surface area contributed by atoms with E-state index in [0.717, 1.165) is 23.1 Å². The van der Waals surface area contributed by atoms with Crippen LogP contribution in [0.15, 0.2) is 12.1 Å². The van der Waals surface area contributed by atoms with Crippen LogP contribution in [0.2, 0.25) is 0 Å². The zero-order valence-corrected chi connectivity index (χ0v) is 18.2. The molecule has 2 aromatic rings. The second kappa shape index (κ2) is 7.80. The van der Waals surface area contributed by atoms with Gasteiger partial charge in [-0.05, 0) is 41.5 Å². The molecule has 2 aliphatic rings. The molecule has 0 spiro atoms. The molecule has 1 saturated heterocycles. The normalized spacial score (nSPS) is 21.7. The molecule has 3 atom stereocenters. The standard InChI is InChI=1S/C23H28O7/c1-11-13-7-12-8-15(25-2)22(28-5)23(29-6)17(12)18-14(20(11)30-10-13)9-16(26-3)21(27-4)19(18)24/h8-9,11,13,20,24H,7,10H2,1-6H3/t11-,13+,20-/m0/s1. The minimum atomic E-state index is -0.179. The molecular formula is C23H28O7. The molecule has 30 heavy (non-hydrogen) atoms. The van der Waals surface area contributed by atoms with Gasteiger partial charge in [0.05, 0.1) is 48.3 Å². The van der Waals surface area contributed by atoms with Gasteiger partial charge in [0.2, 0.25) is 11.5 Å². The zero-order chi connectivity index (χ0) is 21.6. The van der Waals surface area contributed by atoms with Crippen LogP contribution in [0, 0.1) is 11.8 Å². The third kappa shape index (κ3) is 2.83. The monoisotopic (exact) mass is 416 g/mol. The Morgan fingerprint density at radius 3 is 2.07 bits per heavy atom. The summed E-state index contributed by atoms with van der Waals surface area (Å²) in [7, 11) is 7.81. The molecule has 1 heterocycles. The summed E-state index contributed by atoms with van der Waals surface area (Å²) in [4.78, 5) is 0. The minimum absolute atomic E-state index is 0.0141. The smallest absolute Gasteiger partial charge is 0.203 e.